The molecule has 7 N–H and O–H groups in total. The van der Waals surface area contributed by atoms with Gasteiger partial charge in [-0.3, -0.25) is 49.5 Å². The van der Waals surface area contributed by atoms with Crippen LogP contribution in [0.25, 0.3) is 86.7 Å². The second-order valence-corrected chi connectivity index (χ2v) is 28.3. The average molecular weight is 1580 g/mol. The molecule has 5 aromatic heterocycles. The molecule has 0 saturated carbocycles. The van der Waals surface area contributed by atoms with E-state index in [0.29, 0.717) is 55.4 Å². The van der Waals surface area contributed by atoms with E-state index in [1.165, 1.54) is 29.3 Å². The summed E-state index contributed by atoms with van der Waals surface area (Å²) in [5.41, 5.74) is 24.7. The van der Waals surface area contributed by atoms with Crippen molar-refractivity contribution in [2.75, 3.05) is 0 Å². The number of allylic oxidation sites excluding steroid dienone is 5. The molecule has 0 aliphatic heterocycles. The number of carbonyl (C=O) groups excluding carboxylic acids is 5. The fourth-order valence-electron chi connectivity index (χ4n) is 11.5. The van der Waals surface area contributed by atoms with Crippen LogP contribution in [0, 0.1) is 54.3 Å². The summed E-state index contributed by atoms with van der Waals surface area (Å²) in [7, 11) is 0. The van der Waals surface area contributed by atoms with E-state index in [-0.39, 0.29) is 42.1 Å². The van der Waals surface area contributed by atoms with Crippen LogP contribution in [-0.4, -0.2) is 90.1 Å². The first-order valence-corrected chi connectivity index (χ1v) is 38.2. The van der Waals surface area contributed by atoms with E-state index in [9.17, 15) is 28.4 Å². The van der Waals surface area contributed by atoms with Crippen LogP contribution in [0.15, 0.2) is 297 Å². The van der Waals surface area contributed by atoms with Crippen LogP contribution in [0.2, 0.25) is 5.02 Å². The molecule has 0 unspecified atom stereocenters. The molecule has 0 atom stereocenters. The molecule has 0 saturated heterocycles. The zero-order valence-corrected chi connectivity index (χ0v) is 66.8. The van der Waals surface area contributed by atoms with Gasteiger partial charge in [0.1, 0.15) is 5.82 Å². The highest BCUT2D eigenvalue weighted by Gasteiger charge is 2.13. The lowest BCUT2D eigenvalue weighted by Gasteiger charge is -2.01. The number of aromatic nitrogens is 10. The van der Waals surface area contributed by atoms with Gasteiger partial charge in [0, 0.05) is 60.7 Å². The molecule has 0 bridgehead atoms. The van der Waals surface area contributed by atoms with Crippen LogP contribution in [0.5, 0.6) is 0 Å². The average Bonchev–Trinajstić information content (AvgIpc) is 1.56. The number of aliphatic hydroxyl groups is 2. The SMILES string of the molecule is Cc1ccc(C(=O)/C=C/c2cc(-c3ccc(C)c(C)c3)n[nH]2)cc1.Cc1ccc(C(=O)/C=C/c2cc(-c3ccc(CO)cc3)n[nH]2)cc1.Cc1ccc(C(=O)/C=C/c2cc(-c3ccc(CO)cc3F)n[nH]2)cc1.Cc1ccc(C(=O)/C=C/c2cc(-c3ccc(Cl)cc3)n[nH]2)cc1.Cc1ccc(C(=O)/C=C/c2cc(-c3ccccc3)n[nH]2)cc1. The Labute approximate surface area is 688 Å². The lowest BCUT2D eigenvalue weighted by molar-refractivity contribution is 0.103. The van der Waals surface area contributed by atoms with Gasteiger partial charge in [-0.25, -0.2) is 4.39 Å². The highest BCUT2D eigenvalue weighted by molar-refractivity contribution is 6.30. The Kier molecular flexibility index (Phi) is 29.6. The lowest BCUT2D eigenvalue weighted by Crippen LogP contribution is -1.93. The number of hydrogen-bond acceptors (Lipinski definition) is 12. The molecule has 0 spiro atoms. The van der Waals surface area contributed by atoms with Gasteiger partial charge < -0.3 is 10.2 Å². The maximum Gasteiger partial charge on any atom is 0.185 e. The fourth-order valence-corrected chi connectivity index (χ4v) is 11.6. The number of benzene rings is 10. The third kappa shape index (κ3) is 24.7. The number of carbonyl (C=O) groups is 5. The molecule has 19 heteroatoms. The van der Waals surface area contributed by atoms with Crippen molar-refractivity contribution in [3.05, 3.63) is 414 Å². The van der Waals surface area contributed by atoms with Gasteiger partial charge in [-0.2, -0.15) is 25.5 Å². The number of aliphatic hydroxyl groups excluding tert-OH is 2. The lowest BCUT2D eigenvalue weighted by atomic mass is 10.0. The zero-order valence-electron chi connectivity index (χ0n) is 66.0. The normalized spacial score (nSPS) is 11.1. The van der Waals surface area contributed by atoms with E-state index in [0.717, 1.165) is 101 Å². The summed E-state index contributed by atoms with van der Waals surface area (Å²) in [6, 6.07) is 82.4. The van der Waals surface area contributed by atoms with Crippen molar-refractivity contribution >= 4 is 70.9 Å². The van der Waals surface area contributed by atoms with Gasteiger partial charge in [0.25, 0.3) is 0 Å². The minimum Gasteiger partial charge on any atom is -0.392 e. The quantitative estimate of drug-likeness (QED) is 0.0247. The predicted octanol–water partition coefficient (Wildman–Crippen LogP) is 21.8. The molecule has 15 rings (SSSR count). The number of nitrogens with one attached hydrogen (secondary N) is 5. The van der Waals surface area contributed by atoms with E-state index in [1.54, 1.807) is 78.9 Å². The Hall–Kier alpha value is -14.6. The smallest absolute Gasteiger partial charge is 0.185 e. The molecule has 0 amide bonds. The monoisotopic (exact) mass is 1580 g/mol. The summed E-state index contributed by atoms with van der Waals surface area (Å²) >= 11 is 5.88. The van der Waals surface area contributed by atoms with E-state index in [1.807, 2.05) is 247 Å². The van der Waals surface area contributed by atoms with Crippen LogP contribution in [0.3, 0.4) is 0 Å². The third-order valence-electron chi connectivity index (χ3n) is 18.7. The first-order chi connectivity index (χ1) is 57.1. The maximum absolute atomic E-state index is 14.1. The van der Waals surface area contributed by atoms with Crippen LogP contribution < -0.4 is 0 Å². The van der Waals surface area contributed by atoms with Gasteiger partial charge in [-0.15, -0.1) is 0 Å². The van der Waals surface area contributed by atoms with Gasteiger partial charge in [0.05, 0.1) is 70.2 Å². The van der Waals surface area contributed by atoms with Crippen LogP contribution >= 0.6 is 11.6 Å². The molecule has 0 fully saturated rings. The maximum atomic E-state index is 14.1. The van der Waals surface area contributed by atoms with E-state index in [2.05, 4.69) is 83.0 Å². The van der Waals surface area contributed by atoms with E-state index in [4.69, 9.17) is 21.8 Å². The van der Waals surface area contributed by atoms with Gasteiger partial charge >= 0.3 is 0 Å². The van der Waals surface area contributed by atoms with Gasteiger partial charge in [0.15, 0.2) is 28.9 Å². The predicted molar refractivity (Wildman–Crippen MR) is 469 cm³/mol. The summed E-state index contributed by atoms with van der Waals surface area (Å²) in [5, 5.41) is 54.4. The second-order valence-electron chi connectivity index (χ2n) is 27.9. The minimum atomic E-state index is -0.454. The molecule has 0 radical (unpaired) electrons. The molecule has 0 aliphatic rings. The molecule has 0 aliphatic carbocycles. The number of aromatic amines is 5. The molecule has 118 heavy (non-hydrogen) atoms. The number of aryl methyl sites for hydroxylation is 7. The van der Waals surface area contributed by atoms with Gasteiger partial charge in [-0.05, 0) is 192 Å². The van der Waals surface area contributed by atoms with Crippen molar-refractivity contribution in [1.29, 1.82) is 0 Å². The minimum absolute atomic E-state index is 0.0164. The van der Waals surface area contributed by atoms with Crippen molar-refractivity contribution in [3.8, 4) is 56.3 Å². The van der Waals surface area contributed by atoms with Gasteiger partial charge in [0.2, 0.25) is 0 Å². The summed E-state index contributed by atoms with van der Waals surface area (Å²) in [4.78, 5) is 60.6. The topological polar surface area (TPSA) is 269 Å². The van der Waals surface area contributed by atoms with Gasteiger partial charge in [-0.1, -0.05) is 246 Å². The first-order valence-electron chi connectivity index (χ1n) is 37.8. The van der Waals surface area contributed by atoms with E-state index < -0.39 is 5.82 Å². The van der Waals surface area contributed by atoms with Crippen molar-refractivity contribution in [1.82, 2.24) is 51.0 Å². The third-order valence-corrected chi connectivity index (χ3v) is 18.9. The molecular weight excluding hydrogens is 1500 g/mol. The summed E-state index contributed by atoms with van der Waals surface area (Å²) < 4.78 is 14.1. The number of nitrogens with zero attached hydrogens (tertiary/aromatic N) is 5. The van der Waals surface area contributed by atoms with Crippen LogP contribution in [0.4, 0.5) is 4.39 Å². The first kappa shape index (κ1) is 84.4. The standard InChI is InChI=1S/C21H20N2O.C20H17FN2O2.C20H18N2O2.C19H15ClN2O.C19H16N2O/c1-14-4-7-17(8-5-14)21(24)11-10-19-13-20(23-22-19)18-9-6-15(2)16(3)12-18;1-13-2-5-15(6-3-13)20(25)9-7-16-11-19(23-22-16)17-8-4-14(12-24)10-18(17)21;1-14-2-6-17(7-3-14)20(24)11-10-18-12-19(22-21-18)16-8-4-15(13-23)5-9-16;1-13-2-4-15(5-3-13)19(23)11-10-17-12-18(22-21-17)14-6-8-16(20)9-7-14;1-14-7-9-16(10-8-14)19(22)12-11-17-13-18(21-20-17)15-5-3-2-4-6-15/h4-13H,1-3H3,(H,22,23);2-11,24H,12H2,1H3,(H,22,23);2-12,23H,13H2,1H3,(H,21,22);2-12H,1H3,(H,21,22);2-13H,1H3,(H,20,21)/b11-10+;9-7+;2*11-10+;12-11+. The highest BCUT2D eigenvalue weighted by atomic mass is 35.5. The summed E-state index contributed by atoms with van der Waals surface area (Å²) in [6.45, 7) is 13.9. The summed E-state index contributed by atoms with van der Waals surface area (Å²) in [6.07, 6.45) is 16.2. The van der Waals surface area contributed by atoms with Crippen molar-refractivity contribution in [3.63, 3.8) is 0 Å². The Morgan fingerprint density at radius 2 is 0.585 bits per heavy atom. The molecule has 17 nitrogen and oxygen atoms in total. The van der Waals surface area contributed by atoms with E-state index >= 15 is 0 Å². The highest BCUT2D eigenvalue weighted by Crippen LogP contribution is 2.27. The van der Waals surface area contributed by atoms with Crippen LogP contribution in [-0.2, 0) is 13.2 Å². The second kappa shape index (κ2) is 41.5. The number of halogens is 2. The molecule has 588 valence electrons. The molecular formula is C99H86ClFN10O7. The Balaban J connectivity index is 0.000000145. The molecule has 10 aromatic carbocycles. The Bertz CT molecular complexity index is 6070. The summed E-state index contributed by atoms with van der Waals surface area (Å²) in [5.74, 6) is -0.682. The Morgan fingerprint density at radius 1 is 0.305 bits per heavy atom. The number of ketones is 5. The van der Waals surface area contributed by atoms with Crippen molar-refractivity contribution < 1.29 is 38.6 Å². The van der Waals surface area contributed by atoms with Crippen molar-refractivity contribution in [2.24, 2.45) is 0 Å². The number of hydrogen-bond donors (Lipinski definition) is 7. The largest absolute Gasteiger partial charge is 0.392 e. The van der Waals surface area contributed by atoms with Crippen LogP contribution in [0.1, 0.15) is 130 Å². The zero-order chi connectivity index (χ0) is 83.5. The molecule has 15 aromatic rings. The number of rotatable bonds is 22. The van der Waals surface area contributed by atoms with Crippen molar-refractivity contribution in [2.45, 2.75) is 61.7 Å². The Morgan fingerprint density at radius 3 is 0.898 bits per heavy atom. The molecule has 5 heterocycles. The fraction of sp³-hybridized carbons (Fsp3) is 0.0909. The number of H-pyrrole nitrogens is 5.